The molecule has 0 aliphatic carbocycles. The van der Waals surface area contributed by atoms with Crippen LogP contribution in [0.2, 0.25) is 0 Å². The van der Waals surface area contributed by atoms with Crippen LogP contribution in [-0.2, 0) is 13.1 Å². The molecule has 0 amide bonds. The van der Waals surface area contributed by atoms with E-state index < -0.39 is 0 Å². The topological polar surface area (TPSA) is 68.0 Å². The van der Waals surface area contributed by atoms with Crippen LogP contribution in [0.15, 0.2) is 70.3 Å². The molecule has 1 aliphatic heterocycles. The van der Waals surface area contributed by atoms with Gasteiger partial charge in [0.1, 0.15) is 5.76 Å². The van der Waals surface area contributed by atoms with Crippen molar-refractivity contribution in [1.82, 2.24) is 5.32 Å². The Labute approximate surface area is 170 Å². The van der Waals surface area contributed by atoms with Crippen LogP contribution in [0.1, 0.15) is 23.3 Å². The molecular formula is C23H25N3O3. The summed E-state index contributed by atoms with van der Waals surface area (Å²) in [5.41, 5.74) is 3.28. The molecule has 4 rings (SSSR count). The number of rotatable bonds is 5. The zero-order chi connectivity index (χ0) is 19.9. The van der Waals surface area contributed by atoms with E-state index >= 15 is 0 Å². The van der Waals surface area contributed by atoms with Gasteiger partial charge < -0.3 is 24.5 Å². The van der Waals surface area contributed by atoms with Crippen LogP contribution >= 0.6 is 0 Å². The zero-order valence-corrected chi connectivity index (χ0v) is 16.5. The van der Waals surface area contributed by atoms with Crippen LogP contribution in [0.4, 0.5) is 5.69 Å². The fourth-order valence-corrected chi connectivity index (χ4v) is 3.05. The molecule has 2 N–H and O–H groups in total. The molecule has 0 fully saturated rings. The number of guanidine groups is 1. The van der Waals surface area contributed by atoms with Gasteiger partial charge in [-0.15, -0.1) is 0 Å². The number of anilines is 1. The van der Waals surface area contributed by atoms with Crippen molar-refractivity contribution in [2.75, 3.05) is 18.5 Å². The van der Waals surface area contributed by atoms with E-state index in [1.165, 1.54) is 11.1 Å². The molecule has 150 valence electrons. The van der Waals surface area contributed by atoms with E-state index in [1.54, 1.807) is 6.26 Å². The third-order valence-corrected chi connectivity index (χ3v) is 4.69. The maximum absolute atomic E-state index is 5.79. The van der Waals surface area contributed by atoms with Crippen molar-refractivity contribution in [2.24, 2.45) is 4.99 Å². The molecule has 6 nitrogen and oxygen atoms in total. The minimum absolute atomic E-state index is 0.539. The van der Waals surface area contributed by atoms with Gasteiger partial charge in [-0.1, -0.05) is 24.3 Å². The fraction of sp³-hybridized carbons (Fsp3) is 0.261. The van der Waals surface area contributed by atoms with Gasteiger partial charge in [0.05, 0.1) is 32.6 Å². The molecule has 0 bridgehead atoms. The smallest absolute Gasteiger partial charge is 0.196 e. The van der Waals surface area contributed by atoms with Crippen LogP contribution in [0.5, 0.6) is 11.5 Å². The van der Waals surface area contributed by atoms with E-state index in [1.807, 2.05) is 42.5 Å². The molecule has 6 heteroatoms. The molecule has 0 atom stereocenters. The van der Waals surface area contributed by atoms with Crippen molar-refractivity contribution in [1.29, 1.82) is 0 Å². The van der Waals surface area contributed by atoms with E-state index in [0.717, 1.165) is 29.4 Å². The molecule has 2 heterocycles. The first-order valence-electron chi connectivity index (χ1n) is 9.80. The second kappa shape index (κ2) is 9.19. The SMILES string of the molecule is Cc1ccccc1CN=C(NCc1ccco1)Nc1ccc2c(c1)OCCCO2. The lowest BCUT2D eigenvalue weighted by atomic mass is 10.1. The van der Waals surface area contributed by atoms with Crippen LogP contribution < -0.4 is 20.1 Å². The largest absolute Gasteiger partial charge is 0.490 e. The van der Waals surface area contributed by atoms with Gasteiger partial charge in [-0.05, 0) is 42.3 Å². The van der Waals surface area contributed by atoms with E-state index in [4.69, 9.17) is 18.9 Å². The predicted octanol–water partition coefficient (Wildman–Crippen LogP) is 4.51. The highest BCUT2D eigenvalue weighted by molar-refractivity contribution is 5.93. The lowest BCUT2D eigenvalue weighted by Crippen LogP contribution is -2.30. The number of aryl methyl sites for hydroxylation is 1. The zero-order valence-electron chi connectivity index (χ0n) is 16.5. The normalized spacial score (nSPS) is 13.6. The maximum atomic E-state index is 5.79. The Bertz CT molecular complexity index is 967. The average Bonchev–Trinajstić information content (AvgIpc) is 3.15. The first kappa shape index (κ1) is 18.9. The number of nitrogens with zero attached hydrogens (tertiary/aromatic N) is 1. The molecule has 0 saturated heterocycles. The summed E-state index contributed by atoms with van der Waals surface area (Å²) in [6.07, 6.45) is 2.55. The van der Waals surface area contributed by atoms with Crippen molar-refractivity contribution in [2.45, 2.75) is 26.4 Å². The van der Waals surface area contributed by atoms with Crippen molar-refractivity contribution < 1.29 is 13.9 Å². The van der Waals surface area contributed by atoms with E-state index in [2.05, 4.69) is 29.7 Å². The molecule has 1 aromatic heterocycles. The van der Waals surface area contributed by atoms with Gasteiger partial charge in [0.2, 0.25) is 0 Å². The lowest BCUT2D eigenvalue weighted by molar-refractivity contribution is 0.297. The van der Waals surface area contributed by atoms with Gasteiger partial charge >= 0.3 is 0 Å². The molecular weight excluding hydrogens is 366 g/mol. The fourth-order valence-electron chi connectivity index (χ4n) is 3.05. The maximum Gasteiger partial charge on any atom is 0.196 e. The highest BCUT2D eigenvalue weighted by Crippen LogP contribution is 2.32. The molecule has 0 saturated carbocycles. The Morgan fingerprint density at radius 3 is 2.69 bits per heavy atom. The number of nitrogens with one attached hydrogen (secondary N) is 2. The Morgan fingerprint density at radius 2 is 1.86 bits per heavy atom. The molecule has 0 unspecified atom stereocenters. The Kier molecular flexibility index (Phi) is 6.00. The van der Waals surface area contributed by atoms with E-state index in [0.29, 0.717) is 32.3 Å². The van der Waals surface area contributed by atoms with E-state index in [-0.39, 0.29) is 0 Å². The third kappa shape index (κ3) is 5.10. The van der Waals surface area contributed by atoms with Gasteiger partial charge in [-0.3, -0.25) is 0 Å². The summed E-state index contributed by atoms with van der Waals surface area (Å²) in [4.78, 5) is 4.76. The Morgan fingerprint density at radius 1 is 1.00 bits per heavy atom. The monoisotopic (exact) mass is 391 g/mol. The molecule has 2 aromatic carbocycles. The second-order valence-electron chi connectivity index (χ2n) is 6.86. The summed E-state index contributed by atoms with van der Waals surface area (Å²) in [6, 6.07) is 17.9. The van der Waals surface area contributed by atoms with Gasteiger partial charge in [-0.2, -0.15) is 0 Å². The third-order valence-electron chi connectivity index (χ3n) is 4.69. The Hall–Kier alpha value is -3.41. The van der Waals surface area contributed by atoms with Crippen molar-refractivity contribution >= 4 is 11.6 Å². The summed E-state index contributed by atoms with van der Waals surface area (Å²) >= 11 is 0. The molecule has 29 heavy (non-hydrogen) atoms. The van der Waals surface area contributed by atoms with Gasteiger partial charge in [-0.25, -0.2) is 4.99 Å². The first-order valence-corrected chi connectivity index (χ1v) is 9.80. The number of fused-ring (bicyclic) bond motifs is 1. The molecule has 3 aromatic rings. The van der Waals surface area contributed by atoms with Crippen molar-refractivity contribution in [3.05, 3.63) is 77.7 Å². The van der Waals surface area contributed by atoms with E-state index in [9.17, 15) is 0 Å². The summed E-state index contributed by atoms with van der Waals surface area (Å²) in [7, 11) is 0. The average molecular weight is 391 g/mol. The summed E-state index contributed by atoms with van der Waals surface area (Å²) in [6.45, 7) is 4.54. The van der Waals surface area contributed by atoms with Gasteiger partial charge in [0, 0.05) is 18.2 Å². The highest BCUT2D eigenvalue weighted by Gasteiger charge is 2.12. The number of benzene rings is 2. The van der Waals surface area contributed by atoms with Crippen LogP contribution in [0.25, 0.3) is 0 Å². The molecule has 0 radical (unpaired) electrons. The minimum atomic E-state index is 0.539. The standard InChI is InChI=1S/C23H25N3O3/c1-17-6-2-3-7-18(17)15-24-23(25-16-20-8-4-11-27-20)26-19-9-10-21-22(14-19)29-13-5-12-28-21/h2-4,6-11,14H,5,12-13,15-16H2,1H3,(H2,24,25,26). The highest BCUT2D eigenvalue weighted by atomic mass is 16.5. The van der Waals surface area contributed by atoms with Crippen molar-refractivity contribution in [3.8, 4) is 11.5 Å². The Balaban J connectivity index is 1.52. The van der Waals surface area contributed by atoms with Crippen LogP contribution in [0, 0.1) is 6.92 Å². The lowest BCUT2D eigenvalue weighted by Gasteiger charge is -2.14. The van der Waals surface area contributed by atoms with Gasteiger partial charge in [0.25, 0.3) is 0 Å². The minimum Gasteiger partial charge on any atom is -0.490 e. The number of hydrogen-bond acceptors (Lipinski definition) is 4. The summed E-state index contributed by atoms with van der Waals surface area (Å²) in [5.74, 6) is 3.03. The number of furan rings is 1. The van der Waals surface area contributed by atoms with Crippen LogP contribution in [-0.4, -0.2) is 19.2 Å². The van der Waals surface area contributed by atoms with Crippen molar-refractivity contribution in [3.63, 3.8) is 0 Å². The number of aliphatic imine (C=N–C) groups is 1. The number of ether oxygens (including phenoxy) is 2. The summed E-state index contributed by atoms with van der Waals surface area (Å²) in [5, 5.41) is 6.69. The molecule has 0 spiro atoms. The molecule has 1 aliphatic rings. The van der Waals surface area contributed by atoms with Crippen LogP contribution in [0.3, 0.4) is 0 Å². The first-order chi connectivity index (χ1) is 14.3. The predicted molar refractivity (Wildman–Crippen MR) is 114 cm³/mol. The second-order valence-corrected chi connectivity index (χ2v) is 6.86. The quantitative estimate of drug-likeness (QED) is 0.495. The van der Waals surface area contributed by atoms with Gasteiger partial charge in [0.15, 0.2) is 17.5 Å². The summed E-state index contributed by atoms with van der Waals surface area (Å²) < 4.78 is 16.9. The number of hydrogen-bond donors (Lipinski definition) is 2.